The van der Waals surface area contributed by atoms with Crippen molar-refractivity contribution in [3.63, 3.8) is 0 Å². The van der Waals surface area contributed by atoms with Crippen LogP contribution in [0.4, 0.5) is 0 Å². The van der Waals surface area contributed by atoms with Crippen LogP contribution < -0.4 is 0 Å². The van der Waals surface area contributed by atoms with Crippen molar-refractivity contribution in [3.05, 3.63) is 23.7 Å². The van der Waals surface area contributed by atoms with Crippen molar-refractivity contribution in [2.24, 2.45) is 4.99 Å². The van der Waals surface area contributed by atoms with Gasteiger partial charge >= 0.3 is 0 Å². The maximum atomic E-state index is 10.2. The highest BCUT2D eigenvalue weighted by Crippen LogP contribution is 2.26. The zero-order valence-electron chi connectivity index (χ0n) is 8.53. The highest BCUT2D eigenvalue weighted by molar-refractivity contribution is 5.35. The Labute approximate surface area is 82.6 Å². The summed E-state index contributed by atoms with van der Waals surface area (Å²) in [6.07, 6.45) is 1.53. The number of isocyanates is 1. The van der Waals surface area contributed by atoms with Crippen molar-refractivity contribution < 1.29 is 13.9 Å². The van der Waals surface area contributed by atoms with Crippen LogP contribution in [0.3, 0.4) is 0 Å². The van der Waals surface area contributed by atoms with Crippen LogP contribution in [-0.2, 0) is 21.7 Å². The summed E-state index contributed by atoms with van der Waals surface area (Å²) in [5.74, 6) is 1.35. The van der Waals surface area contributed by atoms with Crippen molar-refractivity contribution in [1.29, 1.82) is 0 Å². The second kappa shape index (κ2) is 4.22. The number of hydrogen-bond donors (Lipinski definition) is 0. The molecule has 0 saturated heterocycles. The number of rotatable bonds is 4. The first-order valence-electron chi connectivity index (χ1n) is 4.27. The summed E-state index contributed by atoms with van der Waals surface area (Å²) in [5.41, 5.74) is -0.659. The molecule has 1 rings (SSSR count). The van der Waals surface area contributed by atoms with E-state index in [-0.39, 0.29) is 0 Å². The first-order chi connectivity index (χ1) is 6.60. The lowest BCUT2D eigenvalue weighted by Gasteiger charge is -2.13. The summed E-state index contributed by atoms with van der Waals surface area (Å²) in [6, 6.07) is 3.59. The lowest BCUT2D eigenvalue weighted by Crippen LogP contribution is -2.11. The minimum Gasteiger partial charge on any atom is -0.461 e. The van der Waals surface area contributed by atoms with E-state index in [1.54, 1.807) is 33.1 Å². The molecule has 0 N–H and O–H groups in total. The Kier molecular flexibility index (Phi) is 3.23. The Morgan fingerprint density at radius 1 is 1.57 bits per heavy atom. The van der Waals surface area contributed by atoms with E-state index >= 15 is 0 Å². The molecule has 0 radical (unpaired) electrons. The fourth-order valence-electron chi connectivity index (χ4n) is 1.10. The van der Waals surface area contributed by atoms with Crippen LogP contribution >= 0.6 is 0 Å². The van der Waals surface area contributed by atoms with Gasteiger partial charge in [0.05, 0.1) is 0 Å². The fourth-order valence-corrected chi connectivity index (χ4v) is 1.10. The molecule has 0 amide bonds. The molecule has 0 aliphatic heterocycles. The number of methoxy groups -OCH3 is 1. The van der Waals surface area contributed by atoms with Crippen LogP contribution in [0.2, 0.25) is 0 Å². The van der Waals surface area contributed by atoms with E-state index in [1.807, 2.05) is 0 Å². The van der Waals surface area contributed by atoms with E-state index in [2.05, 4.69) is 4.99 Å². The molecule has 0 saturated carbocycles. The number of hydrogen-bond acceptors (Lipinski definition) is 4. The molecular weight excluding hydrogens is 182 g/mol. The summed E-state index contributed by atoms with van der Waals surface area (Å²) in [4.78, 5) is 13.8. The van der Waals surface area contributed by atoms with Crippen molar-refractivity contribution in [1.82, 2.24) is 0 Å². The van der Waals surface area contributed by atoms with Crippen molar-refractivity contribution in [3.8, 4) is 0 Å². The molecule has 1 heterocycles. The molecule has 0 unspecified atom stereocenters. The standard InChI is InChI=1S/C10H13NO3/c1-10(2,11-7-12)9-5-4-8(14-9)6-13-3/h4-5H,6H2,1-3H3. The van der Waals surface area contributed by atoms with Crippen LogP contribution in [0.25, 0.3) is 0 Å². The number of aliphatic imine (C=N–C) groups is 1. The molecule has 0 spiro atoms. The summed E-state index contributed by atoms with van der Waals surface area (Å²) in [6.45, 7) is 3.99. The van der Waals surface area contributed by atoms with Gasteiger partial charge in [0.2, 0.25) is 6.08 Å². The van der Waals surface area contributed by atoms with Crippen LogP contribution in [0.1, 0.15) is 25.4 Å². The molecule has 0 aliphatic carbocycles. The van der Waals surface area contributed by atoms with E-state index in [1.165, 1.54) is 6.08 Å². The summed E-state index contributed by atoms with van der Waals surface area (Å²) >= 11 is 0. The zero-order chi connectivity index (χ0) is 10.6. The Hall–Kier alpha value is -1.38. The van der Waals surface area contributed by atoms with Gasteiger partial charge in [-0.2, -0.15) is 4.99 Å². The number of nitrogens with zero attached hydrogens (tertiary/aromatic N) is 1. The van der Waals surface area contributed by atoms with E-state index in [4.69, 9.17) is 9.15 Å². The van der Waals surface area contributed by atoms with Gasteiger partial charge in [-0.15, -0.1) is 0 Å². The van der Waals surface area contributed by atoms with E-state index in [0.29, 0.717) is 12.4 Å². The largest absolute Gasteiger partial charge is 0.461 e. The smallest absolute Gasteiger partial charge is 0.235 e. The molecule has 76 valence electrons. The quantitative estimate of drug-likeness (QED) is 0.545. The van der Waals surface area contributed by atoms with E-state index in [0.717, 1.165) is 5.76 Å². The first-order valence-corrected chi connectivity index (χ1v) is 4.27. The molecule has 1 aromatic heterocycles. The molecule has 0 fully saturated rings. The average molecular weight is 195 g/mol. The minimum absolute atomic E-state index is 0.418. The van der Waals surface area contributed by atoms with Gasteiger partial charge in [0, 0.05) is 7.11 Å². The third kappa shape index (κ3) is 2.31. The third-order valence-corrected chi connectivity index (χ3v) is 1.88. The molecule has 0 aliphatic rings. The van der Waals surface area contributed by atoms with Gasteiger partial charge < -0.3 is 9.15 Å². The third-order valence-electron chi connectivity index (χ3n) is 1.88. The van der Waals surface area contributed by atoms with E-state index < -0.39 is 5.54 Å². The monoisotopic (exact) mass is 195 g/mol. The molecule has 0 aromatic carbocycles. The van der Waals surface area contributed by atoms with Crippen LogP contribution in [0.5, 0.6) is 0 Å². The van der Waals surface area contributed by atoms with E-state index in [9.17, 15) is 4.79 Å². The number of carbonyl (C=O) groups excluding carboxylic acids is 1. The van der Waals surface area contributed by atoms with Gasteiger partial charge in [-0.3, -0.25) is 0 Å². The van der Waals surface area contributed by atoms with Crippen LogP contribution in [-0.4, -0.2) is 13.2 Å². The second-order valence-corrected chi connectivity index (χ2v) is 3.46. The van der Waals surface area contributed by atoms with Crippen molar-refractivity contribution in [2.75, 3.05) is 7.11 Å². The lowest BCUT2D eigenvalue weighted by molar-refractivity contribution is 0.160. The number of ether oxygens (including phenoxy) is 1. The summed E-state index contributed by atoms with van der Waals surface area (Å²) in [5, 5.41) is 0. The SMILES string of the molecule is COCc1ccc(C(C)(C)N=C=O)o1. The van der Waals surface area contributed by atoms with Gasteiger partial charge in [0.25, 0.3) is 0 Å². The second-order valence-electron chi connectivity index (χ2n) is 3.46. The highest BCUT2D eigenvalue weighted by atomic mass is 16.5. The minimum atomic E-state index is -0.659. The zero-order valence-corrected chi connectivity index (χ0v) is 8.53. The normalized spacial score (nSPS) is 11.1. The number of furan rings is 1. The van der Waals surface area contributed by atoms with Crippen LogP contribution in [0.15, 0.2) is 21.5 Å². The fraction of sp³-hybridized carbons (Fsp3) is 0.500. The molecule has 0 atom stereocenters. The first kappa shape index (κ1) is 10.7. The van der Waals surface area contributed by atoms with Gasteiger partial charge in [0.15, 0.2) is 0 Å². The Balaban J connectivity index is 2.90. The molecule has 1 aromatic rings. The lowest BCUT2D eigenvalue weighted by atomic mass is 10.0. The highest BCUT2D eigenvalue weighted by Gasteiger charge is 2.23. The molecule has 4 heteroatoms. The average Bonchev–Trinajstić information content (AvgIpc) is 2.54. The maximum Gasteiger partial charge on any atom is 0.235 e. The van der Waals surface area contributed by atoms with Crippen LogP contribution in [0, 0.1) is 0 Å². The van der Waals surface area contributed by atoms with Gasteiger partial charge in [-0.1, -0.05) is 0 Å². The predicted molar refractivity (Wildman–Crippen MR) is 50.6 cm³/mol. The van der Waals surface area contributed by atoms with Gasteiger partial charge in [-0.05, 0) is 26.0 Å². The van der Waals surface area contributed by atoms with Gasteiger partial charge in [-0.25, -0.2) is 4.79 Å². The Morgan fingerprint density at radius 2 is 2.29 bits per heavy atom. The van der Waals surface area contributed by atoms with Crippen molar-refractivity contribution >= 4 is 6.08 Å². The predicted octanol–water partition coefficient (Wildman–Crippen LogP) is 2.00. The Bertz CT molecular complexity index is 348. The Morgan fingerprint density at radius 3 is 2.86 bits per heavy atom. The molecule has 4 nitrogen and oxygen atoms in total. The van der Waals surface area contributed by atoms with Gasteiger partial charge in [0.1, 0.15) is 23.7 Å². The summed E-state index contributed by atoms with van der Waals surface area (Å²) < 4.78 is 10.4. The summed E-state index contributed by atoms with van der Waals surface area (Å²) in [7, 11) is 1.59. The topological polar surface area (TPSA) is 51.8 Å². The molecule has 14 heavy (non-hydrogen) atoms. The maximum absolute atomic E-state index is 10.2. The van der Waals surface area contributed by atoms with Crippen molar-refractivity contribution in [2.45, 2.75) is 26.0 Å². The molecular formula is C10H13NO3. The molecule has 0 bridgehead atoms.